The molecule has 1 fully saturated rings. The van der Waals surface area contributed by atoms with Crippen LogP contribution in [0.2, 0.25) is 0 Å². The van der Waals surface area contributed by atoms with Gasteiger partial charge in [-0.3, -0.25) is 4.79 Å². The normalized spacial score (nSPS) is 17.0. The Morgan fingerprint density at radius 2 is 1.58 bits per heavy atom. The zero-order valence-electron chi connectivity index (χ0n) is 15.7. The van der Waals surface area contributed by atoms with Crippen molar-refractivity contribution in [2.24, 2.45) is 5.41 Å². The number of para-hydroxylation sites is 1. The molecule has 138 valence electrons. The molecule has 1 saturated heterocycles. The summed E-state index contributed by atoms with van der Waals surface area (Å²) in [4.78, 5) is 15.0. The first-order chi connectivity index (χ1) is 12.3. The van der Waals surface area contributed by atoms with Gasteiger partial charge in [-0.1, -0.05) is 46.3 Å². The number of carbonyl (C=O) groups is 1. The van der Waals surface area contributed by atoms with Crippen LogP contribution in [0.25, 0.3) is 0 Å². The third-order valence-electron chi connectivity index (χ3n) is 4.96. The van der Waals surface area contributed by atoms with Crippen LogP contribution in [-0.2, 0) is 15.1 Å². The van der Waals surface area contributed by atoms with Gasteiger partial charge in [0, 0.05) is 36.1 Å². The van der Waals surface area contributed by atoms with Crippen molar-refractivity contribution in [2.75, 3.05) is 18.0 Å². The summed E-state index contributed by atoms with van der Waals surface area (Å²) in [5, 5.41) is 0. The lowest BCUT2D eigenvalue weighted by molar-refractivity contribution is -0.173. The first kappa shape index (κ1) is 19.0. The number of rotatable bonds is 3. The molecule has 3 nitrogen and oxygen atoms in total. The van der Waals surface area contributed by atoms with Crippen molar-refractivity contribution in [3.8, 4) is 0 Å². The summed E-state index contributed by atoms with van der Waals surface area (Å²) >= 11 is 3.49. The SMILES string of the molecule is CC(C)(C)C(=O)OC1(c2ccc(Br)cc2)CCN(c2ccccc2)CC1. The van der Waals surface area contributed by atoms with Crippen molar-refractivity contribution in [1.29, 1.82) is 0 Å². The Morgan fingerprint density at radius 1 is 1.00 bits per heavy atom. The van der Waals surface area contributed by atoms with E-state index in [0.29, 0.717) is 0 Å². The number of hydrogen-bond acceptors (Lipinski definition) is 3. The van der Waals surface area contributed by atoms with Gasteiger partial charge in [0.25, 0.3) is 0 Å². The fourth-order valence-corrected chi connectivity index (χ4v) is 3.56. The Morgan fingerprint density at radius 3 is 2.12 bits per heavy atom. The van der Waals surface area contributed by atoms with E-state index >= 15 is 0 Å². The Hall–Kier alpha value is -1.81. The third-order valence-corrected chi connectivity index (χ3v) is 5.49. The van der Waals surface area contributed by atoms with Crippen LogP contribution in [0.4, 0.5) is 5.69 Å². The monoisotopic (exact) mass is 415 g/mol. The van der Waals surface area contributed by atoms with Crippen molar-refractivity contribution < 1.29 is 9.53 Å². The highest BCUT2D eigenvalue weighted by molar-refractivity contribution is 9.10. The topological polar surface area (TPSA) is 29.5 Å². The smallest absolute Gasteiger partial charge is 0.312 e. The van der Waals surface area contributed by atoms with Crippen LogP contribution in [0.5, 0.6) is 0 Å². The predicted octanol–water partition coefficient (Wildman–Crippen LogP) is 5.53. The highest BCUT2D eigenvalue weighted by Gasteiger charge is 2.42. The van der Waals surface area contributed by atoms with Crippen LogP contribution in [0, 0.1) is 5.41 Å². The lowest BCUT2D eigenvalue weighted by atomic mass is 9.83. The molecule has 26 heavy (non-hydrogen) atoms. The highest BCUT2D eigenvalue weighted by Crippen LogP contribution is 2.40. The summed E-state index contributed by atoms with van der Waals surface area (Å²) in [6, 6.07) is 18.6. The molecule has 0 atom stereocenters. The van der Waals surface area contributed by atoms with Crippen molar-refractivity contribution in [3.63, 3.8) is 0 Å². The van der Waals surface area contributed by atoms with Gasteiger partial charge in [-0.2, -0.15) is 0 Å². The van der Waals surface area contributed by atoms with E-state index in [1.807, 2.05) is 39.0 Å². The van der Waals surface area contributed by atoms with Crippen LogP contribution in [-0.4, -0.2) is 19.1 Å². The van der Waals surface area contributed by atoms with Gasteiger partial charge >= 0.3 is 5.97 Å². The minimum Gasteiger partial charge on any atom is -0.454 e. The zero-order valence-corrected chi connectivity index (χ0v) is 17.3. The summed E-state index contributed by atoms with van der Waals surface area (Å²) in [5.41, 5.74) is 1.22. The third kappa shape index (κ3) is 4.12. The zero-order chi connectivity index (χ0) is 18.8. The molecular weight excluding hydrogens is 390 g/mol. The maximum Gasteiger partial charge on any atom is 0.312 e. The average Bonchev–Trinajstić information content (AvgIpc) is 2.63. The molecule has 0 bridgehead atoms. The fourth-order valence-electron chi connectivity index (χ4n) is 3.30. The number of benzene rings is 2. The molecule has 0 aliphatic carbocycles. The first-order valence-corrected chi connectivity index (χ1v) is 9.89. The summed E-state index contributed by atoms with van der Waals surface area (Å²) in [5.74, 6) is -0.145. The van der Waals surface area contributed by atoms with Crippen molar-refractivity contribution in [3.05, 3.63) is 64.6 Å². The average molecular weight is 416 g/mol. The van der Waals surface area contributed by atoms with E-state index < -0.39 is 11.0 Å². The molecule has 0 spiro atoms. The summed E-state index contributed by atoms with van der Waals surface area (Å²) < 4.78 is 7.20. The molecule has 1 heterocycles. The summed E-state index contributed by atoms with van der Waals surface area (Å²) in [7, 11) is 0. The van der Waals surface area contributed by atoms with Gasteiger partial charge in [-0.05, 0) is 50.6 Å². The molecule has 2 aromatic carbocycles. The van der Waals surface area contributed by atoms with Crippen molar-refractivity contribution >= 4 is 27.6 Å². The largest absolute Gasteiger partial charge is 0.454 e. The highest BCUT2D eigenvalue weighted by atomic mass is 79.9. The molecular formula is C22H26BrNO2. The first-order valence-electron chi connectivity index (χ1n) is 9.10. The van der Waals surface area contributed by atoms with Crippen LogP contribution in [0.15, 0.2) is 59.1 Å². The number of halogens is 1. The van der Waals surface area contributed by atoms with Gasteiger partial charge in [-0.15, -0.1) is 0 Å². The van der Waals surface area contributed by atoms with Crippen LogP contribution >= 0.6 is 15.9 Å². The molecule has 3 rings (SSSR count). The number of piperidine rings is 1. The minimum atomic E-state index is -0.559. The van der Waals surface area contributed by atoms with E-state index in [1.165, 1.54) is 5.69 Å². The predicted molar refractivity (Wildman–Crippen MR) is 109 cm³/mol. The molecule has 1 aliphatic rings. The van der Waals surface area contributed by atoms with E-state index in [4.69, 9.17) is 4.74 Å². The maximum absolute atomic E-state index is 12.7. The number of anilines is 1. The fraction of sp³-hybridized carbons (Fsp3) is 0.409. The Labute approximate surface area is 164 Å². The Bertz CT molecular complexity index is 742. The van der Waals surface area contributed by atoms with E-state index in [0.717, 1.165) is 36.0 Å². The summed E-state index contributed by atoms with van der Waals surface area (Å²) in [6.45, 7) is 7.44. The second-order valence-electron chi connectivity index (χ2n) is 7.96. The standard InChI is InChI=1S/C22H26BrNO2/c1-21(2,3)20(25)26-22(17-9-11-18(23)12-10-17)13-15-24(16-14-22)19-7-5-4-6-8-19/h4-12H,13-16H2,1-3H3. The van der Waals surface area contributed by atoms with Crippen LogP contribution in [0.1, 0.15) is 39.2 Å². The van der Waals surface area contributed by atoms with Gasteiger partial charge < -0.3 is 9.64 Å². The van der Waals surface area contributed by atoms with Gasteiger partial charge in [0.05, 0.1) is 5.41 Å². The van der Waals surface area contributed by atoms with E-state index in [-0.39, 0.29) is 5.97 Å². The molecule has 4 heteroatoms. The minimum absolute atomic E-state index is 0.145. The number of esters is 1. The molecule has 0 unspecified atom stereocenters. The van der Waals surface area contributed by atoms with Gasteiger partial charge in [0.15, 0.2) is 0 Å². The Kier molecular flexibility index (Phi) is 5.42. The number of ether oxygens (including phenoxy) is 1. The number of nitrogens with zero attached hydrogens (tertiary/aromatic N) is 1. The van der Waals surface area contributed by atoms with Crippen LogP contribution in [0.3, 0.4) is 0 Å². The molecule has 0 amide bonds. The maximum atomic E-state index is 12.7. The molecule has 1 aliphatic heterocycles. The van der Waals surface area contributed by atoms with Crippen molar-refractivity contribution in [1.82, 2.24) is 0 Å². The number of hydrogen-bond donors (Lipinski definition) is 0. The van der Waals surface area contributed by atoms with E-state index in [1.54, 1.807) is 0 Å². The van der Waals surface area contributed by atoms with Crippen molar-refractivity contribution in [2.45, 2.75) is 39.2 Å². The second-order valence-corrected chi connectivity index (χ2v) is 8.88. The second kappa shape index (κ2) is 7.43. The van der Waals surface area contributed by atoms with E-state index in [9.17, 15) is 4.79 Å². The van der Waals surface area contributed by atoms with Gasteiger partial charge in [0.2, 0.25) is 0 Å². The molecule has 0 saturated carbocycles. The van der Waals surface area contributed by atoms with Gasteiger partial charge in [-0.25, -0.2) is 0 Å². The molecule has 0 aromatic heterocycles. The lowest BCUT2D eigenvalue weighted by Gasteiger charge is -2.43. The quantitative estimate of drug-likeness (QED) is 0.616. The Balaban J connectivity index is 1.86. The molecule has 0 N–H and O–H groups in total. The van der Waals surface area contributed by atoms with Crippen LogP contribution < -0.4 is 4.90 Å². The lowest BCUT2D eigenvalue weighted by Crippen LogP contribution is -2.46. The number of carbonyl (C=O) groups excluding carboxylic acids is 1. The molecule has 2 aromatic rings. The van der Waals surface area contributed by atoms with E-state index in [2.05, 4.69) is 57.2 Å². The summed E-state index contributed by atoms with van der Waals surface area (Å²) in [6.07, 6.45) is 1.57. The molecule has 0 radical (unpaired) electrons. The van der Waals surface area contributed by atoms with Gasteiger partial charge in [0.1, 0.15) is 5.60 Å².